The monoisotopic (exact) mass is 388 g/mol. The predicted octanol–water partition coefficient (Wildman–Crippen LogP) is 2.23. The van der Waals surface area contributed by atoms with Gasteiger partial charge in [-0.15, -0.1) is 0 Å². The Balaban J connectivity index is 1.84. The maximum absolute atomic E-state index is 14.0. The molecule has 3 aromatic rings. The van der Waals surface area contributed by atoms with Crippen molar-refractivity contribution in [3.63, 3.8) is 0 Å². The van der Waals surface area contributed by atoms with Gasteiger partial charge >= 0.3 is 6.18 Å². The van der Waals surface area contributed by atoms with Gasteiger partial charge in [-0.2, -0.15) is 13.2 Å². The van der Waals surface area contributed by atoms with Crippen molar-refractivity contribution in [1.82, 2.24) is 14.9 Å². The maximum atomic E-state index is 14.0. The van der Waals surface area contributed by atoms with Gasteiger partial charge in [0.25, 0.3) is 5.91 Å². The van der Waals surface area contributed by atoms with E-state index in [2.05, 4.69) is 9.97 Å². The molecule has 9 heteroatoms. The molecular weight excluding hydrogens is 375 g/mol. The highest BCUT2D eigenvalue weighted by atomic mass is 19.4. The first-order chi connectivity index (χ1) is 13.3. The van der Waals surface area contributed by atoms with E-state index in [1.165, 1.54) is 6.07 Å². The zero-order valence-corrected chi connectivity index (χ0v) is 14.3. The molecular formula is C19H13F3N3O3-. The van der Waals surface area contributed by atoms with Gasteiger partial charge in [-0.25, -0.2) is 0 Å². The quantitative estimate of drug-likeness (QED) is 0.729. The van der Waals surface area contributed by atoms with Crippen molar-refractivity contribution in [2.45, 2.75) is 18.6 Å². The van der Waals surface area contributed by atoms with Gasteiger partial charge < -0.3 is 19.8 Å². The summed E-state index contributed by atoms with van der Waals surface area (Å²) >= 11 is 0. The molecule has 1 aromatic carbocycles. The Bertz CT molecular complexity index is 1090. The Labute approximate surface area is 156 Å². The fourth-order valence-corrected chi connectivity index (χ4v) is 3.68. The summed E-state index contributed by atoms with van der Waals surface area (Å²) in [6.45, 7) is -0.221. The number of aromatic amines is 1. The molecule has 1 N–H and O–H groups in total. The van der Waals surface area contributed by atoms with Crippen molar-refractivity contribution in [3.8, 4) is 0 Å². The Morgan fingerprint density at radius 2 is 1.93 bits per heavy atom. The van der Waals surface area contributed by atoms with Crippen LogP contribution in [0.25, 0.3) is 10.9 Å². The zero-order chi connectivity index (χ0) is 20.1. The summed E-state index contributed by atoms with van der Waals surface area (Å²) < 4.78 is 41.9. The number of pyridine rings is 1. The number of carbonyl (C=O) groups is 2. The van der Waals surface area contributed by atoms with Crippen LogP contribution in [0.15, 0.2) is 42.6 Å². The number of hydrogen-bond donors (Lipinski definition) is 1. The molecule has 1 aliphatic rings. The fourth-order valence-electron chi connectivity index (χ4n) is 3.68. The van der Waals surface area contributed by atoms with Gasteiger partial charge in [0.15, 0.2) is 6.04 Å². The number of fused-ring (bicyclic) bond motifs is 3. The molecule has 6 nitrogen and oxygen atoms in total. The molecule has 1 amide bonds. The van der Waals surface area contributed by atoms with Crippen molar-refractivity contribution < 1.29 is 27.9 Å². The normalized spacial score (nSPS) is 16.8. The first kappa shape index (κ1) is 18.0. The number of hydrogen-bond acceptors (Lipinski definition) is 4. The summed E-state index contributed by atoms with van der Waals surface area (Å²) in [7, 11) is 0. The third kappa shape index (κ3) is 2.79. The Morgan fingerprint density at radius 1 is 1.18 bits per heavy atom. The number of para-hydroxylation sites is 1. The average Bonchev–Trinajstić information content (AvgIpc) is 3.04. The third-order valence-electron chi connectivity index (χ3n) is 4.84. The highest BCUT2D eigenvalue weighted by molar-refractivity contribution is 6.03. The summed E-state index contributed by atoms with van der Waals surface area (Å²) in [6.07, 6.45) is -3.41. The van der Waals surface area contributed by atoms with E-state index in [1.54, 1.807) is 24.3 Å². The number of carboxylic acid groups (broad SMARTS) is 1. The molecule has 0 aliphatic carbocycles. The van der Waals surface area contributed by atoms with Crippen molar-refractivity contribution >= 4 is 22.8 Å². The molecule has 0 saturated carbocycles. The highest BCUT2D eigenvalue weighted by Gasteiger charge is 2.50. The largest absolute Gasteiger partial charge is 0.545 e. The smallest absolute Gasteiger partial charge is 0.414 e. The second-order valence-corrected chi connectivity index (χ2v) is 6.44. The van der Waals surface area contributed by atoms with Gasteiger partial charge in [-0.1, -0.05) is 18.2 Å². The first-order valence-corrected chi connectivity index (χ1v) is 8.42. The number of carbonyl (C=O) groups excluding carboxylic acids is 2. The molecule has 1 atom stereocenters. The molecule has 0 spiro atoms. The van der Waals surface area contributed by atoms with Crippen LogP contribution < -0.4 is 5.11 Å². The SMILES string of the molecule is O=C([O-])c1cccnc1C(=O)N1CCc2c([nH]c3ccccc23)[C@@H]1C(F)(F)F. The Hall–Kier alpha value is -3.36. The van der Waals surface area contributed by atoms with E-state index in [9.17, 15) is 27.9 Å². The molecule has 1 aliphatic heterocycles. The van der Waals surface area contributed by atoms with Crippen LogP contribution in [0.1, 0.15) is 38.1 Å². The second-order valence-electron chi connectivity index (χ2n) is 6.44. The zero-order valence-electron chi connectivity index (χ0n) is 14.3. The van der Waals surface area contributed by atoms with Crippen molar-refractivity contribution in [2.75, 3.05) is 6.54 Å². The third-order valence-corrected chi connectivity index (χ3v) is 4.84. The van der Waals surface area contributed by atoms with Gasteiger partial charge in [0.2, 0.25) is 0 Å². The molecule has 0 saturated heterocycles. The van der Waals surface area contributed by atoms with Crippen molar-refractivity contribution in [2.24, 2.45) is 0 Å². The number of aromatic carboxylic acids is 1. The van der Waals surface area contributed by atoms with Crippen LogP contribution in [0.2, 0.25) is 0 Å². The van der Waals surface area contributed by atoms with Crippen LogP contribution in [0.5, 0.6) is 0 Å². The van der Waals surface area contributed by atoms with Gasteiger partial charge in [0.1, 0.15) is 5.69 Å². The average molecular weight is 388 g/mol. The van der Waals surface area contributed by atoms with Crippen molar-refractivity contribution in [1.29, 1.82) is 0 Å². The number of benzene rings is 1. The van der Waals surface area contributed by atoms with Crippen LogP contribution in [0.3, 0.4) is 0 Å². The van der Waals surface area contributed by atoms with Gasteiger partial charge in [0, 0.05) is 29.2 Å². The minimum absolute atomic E-state index is 0.112. The summed E-state index contributed by atoms with van der Waals surface area (Å²) in [6, 6.07) is 6.95. The maximum Gasteiger partial charge on any atom is 0.414 e. The van der Waals surface area contributed by atoms with E-state index in [-0.39, 0.29) is 18.7 Å². The molecule has 0 fully saturated rings. The molecule has 0 unspecified atom stereocenters. The van der Waals surface area contributed by atoms with Crippen molar-refractivity contribution in [3.05, 3.63) is 65.1 Å². The number of halogens is 3. The summed E-state index contributed by atoms with van der Waals surface area (Å²) in [5.74, 6) is -2.78. The molecule has 0 radical (unpaired) electrons. The number of alkyl halides is 3. The van der Waals surface area contributed by atoms with E-state index < -0.39 is 35.4 Å². The highest BCUT2D eigenvalue weighted by Crippen LogP contribution is 2.44. The minimum Gasteiger partial charge on any atom is -0.545 e. The van der Waals surface area contributed by atoms with Crippen LogP contribution in [0.4, 0.5) is 13.2 Å². The predicted molar refractivity (Wildman–Crippen MR) is 90.4 cm³/mol. The van der Waals surface area contributed by atoms with E-state index >= 15 is 0 Å². The molecule has 4 rings (SSSR count). The molecule has 144 valence electrons. The summed E-state index contributed by atoms with van der Waals surface area (Å²) in [5, 5.41) is 11.9. The lowest BCUT2D eigenvalue weighted by Gasteiger charge is -2.36. The van der Waals surface area contributed by atoms with Gasteiger partial charge in [0.05, 0.1) is 11.7 Å². The number of rotatable bonds is 2. The summed E-state index contributed by atoms with van der Waals surface area (Å²) in [4.78, 5) is 31.2. The van der Waals surface area contributed by atoms with Crippen LogP contribution in [-0.4, -0.2) is 39.5 Å². The molecule has 2 aromatic heterocycles. The number of aromatic nitrogens is 2. The van der Waals surface area contributed by atoms with Crippen LogP contribution in [-0.2, 0) is 6.42 Å². The first-order valence-electron chi connectivity index (χ1n) is 8.42. The molecule has 0 bridgehead atoms. The van der Waals surface area contributed by atoms with Gasteiger partial charge in [-0.3, -0.25) is 9.78 Å². The number of carboxylic acids is 1. The number of amides is 1. The standard InChI is InChI=1S/C19H14F3N3O3/c20-19(21,22)16-14-11(10-4-1-2-6-13(10)24-14)7-9-25(16)17(26)15-12(18(27)28)5-3-8-23-15/h1-6,8,16,24H,7,9H2,(H,27,28)/p-1/t16-/m1/s1. The minimum atomic E-state index is -4.76. The number of nitrogens with zero attached hydrogens (tertiary/aromatic N) is 2. The Kier molecular flexibility index (Phi) is 4.10. The Morgan fingerprint density at radius 3 is 2.64 bits per heavy atom. The van der Waals surface area contributed by atoms with Crippen LogP contribution in [0, 0.1) is 0 Å². The summed E-state index contributed by atoms with van der Waals surface area (Å²) in [5.41, 5.74) is -0.182. The topological polar surface area (TPSA) is 89.1 Å². The number of nitrogens with one attached hydrogen (secondary N) is 1. The second kappa shape index (κ2) is 6.36. The van der Waals surface area contributed by atoms with E-state index in [0.717, 1.165) is 12.3 Å². The molecule has 28 heavy (non-hydrogen) atoms. The van der Waals surface area contributed by atoms with E-state index in [1.807, 2.05) is 0 Å². The van der Waals surface area contributed by atoms with Gasteiger partial charge in [-0.05, 0) is 30.2 Å². The lowest BCUT2D eigenvalue weighted by molar-refractivity contribution is -0.255. The van der Waals surface area contributed by atoms with E-state index in [4.69, 9.17) is 0 Å². The number of H-pyrrole nitrogens is 1. The fraction of sp³-hybridized carbons (Fsp3) is 0.211. The van der Waals surface area contributed by atoms with E-state index in [0.29, 0.717) is 21.4 Å². The lowest BCUT2D eigenvalue weighted by Crippen LogP contribution is -2.47. The molecule has 3 heterocycles. The van der Waals surface area contributed by atoms with Crippen LogP contribution >= 0.6 is 0 Å². The lowest BCUT2D eigenvalue weighted by atomic mass is 9.96.